The number of amides is 1. The Kier molecular flexibility index (Phi) is 5.87. The van der Waals surface area contributed by atoms with Crippen molar-refractivity contribution >= 4 is 28.2 Å². The second-order valence-corrected chi connectivity index (χ2v) is 7.85. The zero-order valence-corrected chi connectivity index (χ0v) is 17.6. The van der Waals surface area contributed by atoms with E-state index in [1.54, 1.807) is 6.07 Å². The molecular formula is C26H25NO4. The van der Waals surface area contributed by atoms with Crippen LogP contribution in [0.4, 0.5) is 0 Å². The number of aliphatic hydroxyl groups is 1. The molecule has 1 atom stereocenters. The minimum absolute atomic E-state index is 0.0164. The Balaban J connectivity index is 1.85. The first-order chi connectivity index (χ1) is 15.0. The molecule has 1 saturated heterocycles. The standard InChI is InChI=1S/C26H25NO4/c1-17(2)31-16-15-27-23(19-10-4-3-5-11-19)22(25(29)26(27)30)24(28)21-14-8-12-18-9-6-7-13-20(18)21/h3-14,17,23,28H,15-16H2,1-2H3/b24-22-. The van der Waals surface area contributed by atoms with E-state index in [2.05, 4.69) is 0 Å². The third-order valence-electron chi connectivity index (χ3n) is 5.48. The van der Waals surface area contributed by atoms with Crippen molar-refractivity contribution in [3.63, 3.8) is 0 Å². The molecular weight excluding hydrogens is 390 g/mol. The van der Waals surface area contributed by atoms with Gasteiger partial charge in [-0.2, -0.15) is 0 Å². The molecule has 1 aliphatic heterocycles. The predicted octanol–water partition coefficient (Wildman–Crippen LogP) is 4.69. The monoisotopic (exact) mass is 415 g/mol. The molecule has 5 nitrogen and oxygen atoms in total. The summed E-state index contributed by atoms with van der Waals surface area (Å²) in [5.41, 5.74) is 1.42. The van der Waals surface area contributed by atoms with E-state index in [4.69, 9.17) is 4.74 Å². The maximum Gasteiger partial charge on any atom is 0.295 e. The summed E-state index contributed by atoms with van der Waals surface area (Å²) in [6.45, 7) is 4.41. The smallest absolute Gasteiger partial charge is 0.295 e. The lowest BCUT2D eigenvalue weighted by atomic mass is 9.93. The summed E-state index contributed by atoms with van der Waals surface area (Å²) < 4.78 is 5.63. The van der Waals surface area contributed by atoms with Crippen LogP contribution in [-0.4, -0.2) is 41.0 Å². The number of fused-ring (bicyclic) bond motifs is 1. The Labute approximate surface area is 181 Å². The fourth-order valence-electron chi connectivity index (χ4n) is 4.06. The Bertz CT molecular complexity index is 1150. The third-order valence-corrected chi connectivity index (χ3v) is 5.48. The van der Waals surface area contributed by atoms with Crippen molar-refractivity contribution in [1.29, 1.82) is 0 Å². The molecule has 5 heteroatoms. The average Bonchev–Trinajstić information content (AvgIpc) is 3.03. The van der Waals surface area contributed by atoms with Gasteiger partial charge in [-0.15, -0.1) is 0 Å². The Morgan fingerprint density at radius 2 is 1.65 bits per heavy atom. The second-order valence-electron chi connectivity index (χ2n) is 7.85. The van der Waals surface area contributed by atoms with E-state index in [0.29, 0.717) is 12.2 Å². The summed E-state index contributed by atoms with van der Waals surface area (Å²) in [6, 6.07) is 21.9. The highest BCUT2D eigenvalue weighted by molar-refractivity contribution is 6.46. The SMILES string of the molecule is CC(C)OCCN1C(=O)C(=O)/C(=C(\O)c2cccc3ccccc23)C1c1ccccc1. The van der Waals surface area contributed by atoms with Crippen LogP contribution in [0.15, 0.2) is 78.4 Å². The Morgan fingerprint density at radius 1 is 0.968 bits per heavy atom. The maximum absolute atomic E-state index is 13.1. The second kappa shape index (κ2) is 8.74. The molecule has 158 valence electrons. The quantitative estimate of drug-likeness (QED) is 0.360. The summed E-state index contributed by atoms with van der Waals surface area (Å²) >= 11 is 0. The van der Waals surface area contributed by atoms with Crippen LogP contribution >= 0.6 is 0 Å². The number of ketones is 1. The first-order valence-electron chi connectivity index (χ1n) is 10.4. The van der Waals surface area contributed by atoms with Gasteiger partial charge in [0.05, 0.1) is 24.3 Å². The number of carbonyl (C=O) groups excluding carboxylic acids is 2. The molecule has 3 aromatic carbocycles. The van der Waals surface area contributed by atoms with E-state index < -0.39 is 17.7 Å². The highest BCUT2D eigenvalue weighted by atomic mass is 16.5. The number of aliphatic hydroxyl groups excluding tert-OH is 1. The molecule has 1 N–H and O–H groups in total. The van der Waals surface area contributed by atoms with Gasteiger partial charge in [-0.25, -0.2) is 0 Å². The molecule has 0 spiro atoms. The molecule has 3 aromatic rings. The van der Waals surface area contributed by atoms with Crippen molar-refractivity contribution in [2.75, 3.05) is 13.2 Å². The van der Waals surface area contributed by atoms with E-state index in [9.17, 15) is 14.7 Å². The van der Waals surface area contributed by atoms with Gasteiger partial charge >= 0.3 is 0 Å². The molecule has 0 aromatic heterocycles. The highest BCUT2D eigenvalue weighted by Gasteiger charge is 2.45. The minimum Gasteiger partial charge on any atom is -0.507 e. The van der Waals surface area contributed by atoms with E-state index >= 15 is 0 Å². The zero-order chi connectivity index (χ0) is 22.0. The number of likely N-dealkylation sites (tertiary alicyclic amines) is 1. The number of nitrogens with zero attached hydrogens (tertiary/aromatic N) is 1. The van der Waals surface area contributed by atoms with E-state index in [1.807, 2.05) is 80.6 Å². The van der Waals surface area contributed by atoms with E-state index in [1.165, 1.54) is 4.90 Å². The highest BCUT2D eigenvalue weighted by Crippen LogP contribution is 2.40. The normalized spacial score (nSPS) is 18.3. The fraction of sp³-hybridized carbons (Fsp3) is 0.231. The molecule has 1 heterocycles. The molecule has 0 saturated carbocycles. The number of ether oxygens (including phenoxy) is 1. The molecule has 1 unspecified atom stereocenters. The van der Waals surface area contributed by atoms with Crippen LogP contribution in [0.5, 0.6) is 0 Å². The van der Waals surface area contributed by atoms with Crippen LogP contribution in [0.1, 0.15) is 31.0 Å². The number of Topliss-reactive ketones (excluding diaryl/α,β-unsaturated/α-hetero) is 1. The minimum atomic E-state index is -0.677. The molecule has 0 bridgehead atoms. The topological polar surface area (TPSA) is 66.8 Å². The third kappa shape index (κ3) is 3.97. The van der Waals surface area contributed by atoms with Gasteiger partial charge in [-0.1, -0.05) is 72.8 Å². The summed E-state index contributed by atoms with van der Waals surface area (Å²) in [5, 5.41) is 13.1. The van der Waals surface area contributed by atoms with Gasteiger partial charge in [0.15, 0.2) is 0 Å². The van der Waals surface area contributed by atoms with Crippen LogP contribution in [-0.2, 0) is 14.3 Å². The number of hydrogen-bond donors (Lipinski definition) is 1. The number of rotatable bonds is 6. The lowest BCUT2D eigenvalue weighted by molar-refractivity contribution is -0.140. The first kappa shape index (κ1) is 20.8. The summed E-state index contributed by atoms with van der Waals surface area (Å²) in [5.74, 6) is -1.46. The fourth-order valence-corrected chi connectivity index (χ4v) is 4.06. The largest absolute Gasteiger partial charge is 0.507 e. The van der Waals surface area contributed by atoms with Gasteiger partial charge in [-0.05, 0) is 30.2 Å². The van der Waals surface area contributed by atoms with E-state index in [0.717, 1.165) is 16.3 Å². The molecule has 4 rings (SSSR count). The van der Waals surface area contributed by atoms with Crippen molar-refractivity contribution < 1.29 is 19.4 Å². The first-order valence-corrected chi connectivity index (χ1v) is 10.4. The molecule has 0 aliphatic carbocycles. The summed E-state index contributed by atoms with van der Waals surface area (Å²) in [4.78, 5) is 27.5. The van der Waals surface area contributed by atoms with Gasteiger partial charge in [0.25, 0.3) is 11.7 Å². The van der Waals surface area contributed by atoms with Crippen molar-refractivity contribution in [1.82, 2.24) is 4.90 Å². The average molecular weight is 415 g/mol. The molecule has 1 aliphatic rings. The van der Waals surface area contributed by atoms with Crippen LogP contribution < -0.4 is 0 Å². The van der Waals surface area contributed by atoms with Crippen molar-refractivity contribution in [3.05, 3.63) is 89.5 Å². The van der Waals surface area contributed by atoms with Crippen LogP contribution in [0.3, 0.4) is 0 Å². The number of benzene rings is 3. The Hall–Kier alpha value is -3.44. The van der Waals surface area contributed by atoms with Gasteiger partial charge < -0.3 is 14.7 Å². The maximum atomic E-state index is 13.1. The van der Waals surface area contributed by atoms with Crippen molar-refractivity contribution in [2.24, 2.45) is 0 Å². The van der Waals surface area contributed by atoms with Gasteiger partial charge in [0.1, 0.15) is 5.76 Å². The van der Waals surface area contributed by atoms with E-state index in [-0.39, 0.29) is 24.0 Å². The summed E-state index contributed by atoms with van der Waals surface area (Å²) in [6.07, 6.45) is 0.0164. The number of hydrogen-bond acceptors (Lipinski definition) is 4. The van der Waals surface area contributed by atoms with Crippen LogP contribution in [0.25, 0.3) is 16.5 Å². The Morgan fingerprint density at radius 3 is 2.39 bits per heavy atom. The predicted molar refractivity (Wildman–Crippen MR) is 120 cm³/mol. The van der Waals surface area contributed by atoms with Crippen molar-refractivity contribution in [2.45, 2.75) is 26.0 Å². The lowest BCUT2D eigenvalue weighted by Crippen LogP contribution is -2.33. The zero-order valence-electron chi connectivity index (χ0n) is 17.6. The van der Waals surface area contributed by atoms with Crippen molar-refractivity contribution in [3.8, 4) is 0 Å². The van der Waals surface area contributed by atoms with Crippen LogP contribution in [0.2, 0.25) is 0 Å². The molecule has 0 radical (unpaired) electrons. The van der Waals surface area contributed by atoms with Gasteiger partial charge in [0, 0.05) is 12.1 Å². The molecule has 1 fully saturated rings. The molecule has 1 amide bonds. The van der Waals surface area contributed by atoms with Gasteiger partial charge in [-0.3, -0.25) is 9.59 Å². The summed E-state index contributed by atoms with van der Waals surface area (Å²) in [7, 11) is 0. The number of carbonyl (C=O) groups is 2. The van der Waals surface area contributed by atoms with Crippen LogP contribution in [0, 0.1) is 0 Å². The molecule has 31 heavy (non-hydrogen) atoms. The van der Waals surface area contributed by atoms with Gasteiger partial charge in [0.2, 0.25) is 0 Å². The lowest BCUT2D eigenvalue weighted by Gasteiger charge is -2.25.